The molecule has 1 N–H and O–H groups in total. The van der Waals surface area contributed by atoms with Crippen molar-refractivity contribution in [2.75, 3.05) is 19.5 Å². The number of nitrogens with zero attached hydrogens (tertiary/aromatic N) is 2. The molecule has 1 aromatic heterocycles. The quantitative estimate of drug-likeness (QED) is 0.767. The van der Waals surface area contributed by atoms with Crippen LogP contribution in [-0.4, -0.2) is 30.3 Å². The monoisotopic (exact) mass is 339 g/mol. The van der Waals surface area contributed by atoms with E-state index < -0.39 is 0 Å². The molecule has 1 heterocycles. The smallest absolute Gasteiger partial charge is 0.255 e. The van der Waals surface area contributed by atoms with Crippen LogP contribution in [0.3, 0.4) is 0 Å². The molecule has 1 amide bonds. The predicted octanol–water partition coefficient (Wildman–Crippen LogP) is 3.31. The van der Waals surface area contributed by atoms with Gasteiger partial charge in [-0.05, 0) is 42.5 Å². The number of benzene rings is 2. The van der Waals surface area contributed by atoms with Crippen molar-refractivity contribution in [3.8, 4) is 23.0 Å². The van der Waals surface area contributed by atoms with Gasteiger partial charge in [0.1, 0.15) is 0 Å². The normalized spacial score (nSPS) is 10.4. The van der Waals surface area contributed by atoms with Crippen LogP contribution in [0.5, 0.6) is 11.5 Å². The van der Waals surface area contributed by atoms with Gasteiger partial charge in [-0.25, -0.2) is 0 Å². The molecule has 0 unspecified atom stereocenters. The second kappa shape index (κ2) is 7.04. The molecule has 0 atom stereocenters. The third-order valence-corrected chi connectivity index (χ3v) is 3.56. The molecule has 3 aromatic rings. The molecule has 0 saturated heterocycles. The molecule has 0 spiro atoms. The minimum Gasteiger partial charge on any atom is -0.493 e. The minimum absolute atomic E-state index is 0.248. The fraction of sp³-hybridized carbons (Fsp3) is 0.167. The summed E-state index contributed by atoms with van der Waals surface area (Å²) in [5.74, 6) is 1.76. The SMILES string of the molecule is COc1ccc(C(=O)Nc2ccc(-c3nnc(C)o3)cc2)cc1OC. The summed E-state index contributed by atoms with van der Waals surface area (Å²) in [5, 5.41) is 10.6. The number of nitrogens with one attached hydrogen (secondary N) is 1. The van der Waals surface area contributed by atoms with Crippen LogP contribution in [0.25, 0.3) is 11.5 Å². The highest BCUT2D eigenvalue weighted by Gasteiger charge is 2.12. The van der Waals surface area contributed by atoms with Gasteiger partial charge in [-0.15, -0.1) is 10.2 Å². The summed E-state index contributed by atoms with van der Waals surface area (Å²) in [5.41, 5.74) is 1.90. The van der Waals surface area contributed by atoms with Gasteiger partial charge in [-0.3, -0.25) is 4.79 Å². The first kappa shape index (κ1) is 16.5. The average molecular weight is 339 g/mol. The molecule has 0 aliphatic rings. The zero-order valence-electron chi connectivity index (χ0n) is 14.1. The number of rotatable bonds is 5. The summed E-state index contributed by atoms with van der Waals surface area (Å²) in [7, 11) is 3.07. The Balaban J connectivity index is 1.74. The summed E-state index contributed by atoms with van der Waals surface area (Å²) in [4.78, 5) is 12.4. The number of carbonyl (C=O) groups excluding carboxylic acids is 1. The molecule has 2 aromatic carbocycles. The zero-order valence-corrected chi connectivity index (χ0v) is 14.1. The first-order valence-electron chi connectivity index (χ1n) is 7.54. The van der Waals surface area contributed by atoms with E-state index in [2.05, 4.69) is 15.5 Å². The third kappa shape index (κ3) is 3.60. The van der Waals surface area contributed by atoms with Crippen LogP contribution in [0.1, 0.15) is 16.2 Å². The molecule has 7 heteroatoms. The van der Waals surface area contributed by atoms with E-state index in [-0.39, 0.29) is 5.91 Å². The van der Waals surface area contributed by atoms with Crippen LogP contribution in [0.4, 0.5) is 5.69 Å². The Labute approximate surface area is 144 Å². The van der Waals surface area contributed by atoms with Crippen LogP contribution < -0.4 is 14.8 Å². The van der Waals surface area contributed by atoms with Gasteiger partial charge in [0.05, 0.1) is 14.2 Å². The second-order valence-electron chi connectivity index (χ2n) is 5.23. The molecule has 0 fully saturated rings. The summed E-state index contributed by atoms with van der Waals surface area (Å²) in [6.07, 6.45) is 0. The summed E-state index contributed by atoms with van der Waals surface area (Å²) >= 11 is 0. The summed E-state index contributed by atoms with van der Waals surface area (Å²) in [6, 6.07) is 12.1. The van der Waals surface area contributed by atoms with Crippen molar-refractivity contribution in [1.29, 1.82) is 0 Å². The van der Waals surface area contributed by atoms with E-state index >= 15 is 0 Å². The van der Waals surface area contributed by atoms with Crippen molar-refractivity contribution in [2.24, 2.45) is 0 Å². The Bertz CT molecular complexity index is 888. The molecule has 0 saturated carbocycles. The van der Waals surface area contributed by atoms with Crippen LogP contribution >= 0.6 is 0 Å². The molecule has 3 rings (SSSR count). The van der Waals surface area contributed by atoms with Crippen molar-refractivity contribution in [3.63, 3.8) is 0 Å². The highest BCUT2D eigenvalue weighted by atomic mass is 16.5. The number of hydrogen-bond donors (Lipinski definition) is 1. The molecule has 0 radical (unpaired) electrons. The molecular formula is C18H17N3O4. The number of methoxy groups -OCH3 is 2. The number of carbonyl (C=O) groups is 1. The van der Waals surface area contributed by atoms with Gasteiger partial charge in [0, 0.05) is 23.7 Å². The topological polar surface area (TPSA) is 86.5 Å². The zero-order chi connectivity index (χ0) is 17.8. The number of ether oxygens (including phenoxy) is 2. The van der Waals surface area contributed by atoms with Crippen LogP contribution in [0.2, 0.25) is 0 Å². The lowest BCUT2D eigenvalue weighted by Crippen LogP contribution is -2.12. The van der Waals surface area contributed by atoms with Crippen LogP contribution in [-0.2, 0) is 0 Å². The lowest BCUT2D eigenvalue weighted by atomic mass is 10.1. The van der Waals surface area contributed by atoms with E-state index in [1.165, 1.54) is 7.11 Å². The Morgan fingerprint density at radius 1 is 1.00 bits per heavy atom. The van der Waals surface area contributed by atoms with Gasteiger partial charge in [0.2, 0.25) is 11.8 Å². The van der Waals surface area contributed by atoms with Gasteiger partial charge in [0.15, 0.2) is 11.5 Å². The van der Waals surface area contributed by atoms with E-state index in [0.29, 0.717) is 34.5 Å². The number of anilines is 1. The predicted molar refractivity (Wildman–Crippen MR) is 92.0 cm³/mol. The summed E-state index contributed by atoms with van der Waals surface area (Å²) in [6.45, 7) is 1.73. The first-order chi connectivity index (χ1) is 12.1. The fourth-order valence-corrected chi connectivity index (χ4v) is 2.29. The summed E-state index contributed by atoms with van der Waals surface area (Å²) < 4.78 is 15.8. The van der Waals surface area contributed by atoms with Crippen LogP contribution in [0.15, 0.2) is 46.9 Å². The maximum atomic E-state index is 12.4. The average Bonchev–Trinajstić information content (AvgIpc) is 3.08. The highest BCUT2D eigenvalue weighted by molar-refractivity contribution is 6.04. The maximum absolute atomic E-state index is 12.4. The van der Waals surface area contributed by atoms with Gasteiger partial charge >= 0.3 is 0 Å². The molecular weight excluding hydrogens is 322 g/mol. The number of hydrogen-bond acceptors (Lipinski definition) is 6. The van der Waals surface area contributed by atoms with Crippen molar-refractivity contribution >= 4 is 11.6 Å². The molecule has 128 valence electrons. The van der Waals surface area contributed by atoms with Gasteiger partial charge in [-0.2, -0.15) is 0 Å². The Morgan fingerprint density at radius 2 is 1.72 bits per heavy atom. The Hall–Kier alpha value is -3.35. The lowest BCUT2D eigenvalue weighted by Gasteiger charge is -2.10. The first-order valence-corrected chi connectivity index (χ1v) is 7.54. The highest BCUT2D eigenvalue weighted by Crippen LogP contribution is 2.28. The van der Waals surface area contributed by atoms with Gasteiger partial charge in [0.25, 0.3) is 5.91 Å². The maximum Gasteiger partial charge on any atom is 0.255 e. The van der Waals surface area contributed by atoms with Crippen LogP contribution in [0, 0.1) is 6.92 Å². The second-order valence-corrected chi connectivity index (χ2v) is 5.23. The van der Waals surface area contributed by atoms with Crippen molar-refractivity contribution in [3.05, 3.63) is 53.9 Å². The van der Waals surface area contributed by atoms with E-state index in [1.54, 1.807) is 56.5 Å². The number of amides is 1. The van der Waals surface area contributed by atoms with E-state index in [4.69, 9.17) is 13.9 Å². The van der Waals surface area contributed by atoms with E-state index in [9.17, 15) is 4.79 Å². The van der Waals surface area contributed by atoms with Gasteiger partial charge in [-0.1, -0.05) is 0 Å². The molecule has 0 bridgehead atoms. The number of aryl methyl sites for hydroxylation is 1. The molecule has 0 aliphatic heterocycles. The Kier molecular flexibility index (Phi) is 4.65. The van der Waals surface area contributed by atoms with E-state index in [0.717, 1.165) is 5.56 Å². The lowest BCUT2D eigenvalue weighted by molar-refractivity contribution is 0.102. The standard InChI is InChI=1S/C18H17N3O4/c1-11-20-21-18(25-11)12-4-7-14(8-5-12)19-17(22)13-6-9-15(23-2)16(10-13)24-3/h4-10H,1-3H3,(H,19,22). The number of aromatic nitrogens is 2. The van der Waals surface area contributed by atoms with Crippen molar-refractivity contribution in [1.82, 2.24) is 10.2 Å². The molecule has 25 heavy (non-hydrogen) atoms. The molecule has 0 aliphatic carbocycles. The van der Waals surface area contributed by atoms with Gasteiger partial charge < -0.3 is 19.2 Å². The largest absolute Gasteiger partial charge is 0.493 e. The minimum atomic E-state index is -0.248. The third-order valence-electron chi connectivity index (χ3n) is 3.56. The van der Waals surface area contributed by atoms with Crippen molar-refractivity contribution in [2.45, 2.75) is 6.92 Å². The Morgan fingerprint density at radius 3 is 2.32 bits per heavy atom. The van der Waals surface area contributed by atoms with E-state index in [1.807, 2.05) is 0 Å². The fourth-order valence-electron chi connectivity index (χ4n) is 2.29. The molecule has 7 nitrogen and oxygen atoms in total. The van der Waals surface area contributed by atoms with Crippen molar-refractivity contribution < 1.29 is 18.7 Å².